The fourth-order valence-corrected chi connectivity index (χ4v) is 8.54. The summed E-state index contributed by atoms with van der Waals surface area (Å²) in [6, 6.07) is 0. The number of carbonyl (C=O) groups excluding carboxylic acids is 3. The van der Waals surface area contributed by atoms with Gasteiger partial charge in [0.2, 0.25) is 0 Å². The maximum Gasteiger partial charge on any atom is 0.306 e. The molecule has 0 aliphatic rings. The van der Waals surface area contributed by atoms with E-state index in [-0.39, 0.29) is 31.1 Å². The summed E-state index contributed by atoms with van der Waals surface area (Å²) in [7, 11) is 0. The van der Waals surface area contributed by atoms with Crippen LogP contribution >= 0.6 is 0 Å². The van der Waals surface area contributed by atoms with E-state index in [1.165, 1.54) is 83.5 Å². The number of unbranched alkanes of at least 4 members (excludes halogenated alkanes) is 24. The van der Waals surface area contributed by atoms with Crippen LogP contribution in [-0.2, 0) is 28.6 Å². The molecular weight excluding hydrogens is 961 g/mol. The molecule has 0 saturated carbocycles. The third-order valence-corrected chi connectivity index (χ3v) is 13.4. The van der Waals surface area contributed by atoms with Crippen LogP contribution < -0.4 is 0 Å². The van der Waals surface area contributed by atoms with E-state index < -0.39 is 6.10 Å². The van der Waals surface area contributed by atoms with Crippen molar-refractivity contribution < 1.29 is 28.6 Å². The van der Waals surface area contributed by atoms with Gasteiger partial charge in [-0.05, 0) is 141 Å². The zero-order chi connectivity index (χ0) is 56.4. The highest BCUT2D eigenvalue weighted by Gasteiger charge is 2.19. The molecule has 0 aromatic carbocycles. The van der Waals surface area contributed by atoms with Crippen LogP contribution in [0.1, 0.15) is 284 Å². The number of hydrogen-bond donors (Lipinski definition) is 0. The molecule has 0 rings (SSSR count). The Balaban J connectivity index is 4.39. The quantitative estimate of drug-likeness (QED) is 0.0261. The number of rotatable bonds is 57. The van der Waals surface area contributed by atoms with E-state index >= 15 is 0 Å². The Morgan fingerprint density at radius 2 is 0.500 bits per heavy atom. The van der Waals surface area contributed by atoms with Crippen molar-refractivity contribution in [1.29, 1.82) is 0 Å². The summed E-state index contributed by atoms with van der Waals surface area (Å²) >= 11 is 0. The van der Waals surface area contributed by atoms with Gasteiger partial charge in [0, 0.05) is 19.3 Å². The molecule has 78 heavy (non-hydrogen) atoms. The minimum atomic E-state index is -0.802. The van der Waals surface area contributed by atoms with Crippen LogP contribution in [0.4, 0.5) is 0 Å². The monoisotopic (exact) mass is 1080 g/mol. The first kappa shape index (κ1) is 73.5. The summed E-state index contributed by atoms with van der Waals surface area (Å²) in [4.78, 5) is 38.3. The molecule has 0 aliphatic carbocycles. The van der Waals surface area contributed by atoms with Crippen LogP contribution in [0.2, 0.25) is 0 Å². The molecule has 6 heteroatoms. The van der Waals surface area contributed by atoms with Crippen molar-refractivity contribution in [2.24, 2.45) is 0 Å². The van der Waals surface area contributed by atoms with Crippen LogP contribution in [0, 0.1) is 0 Å². The normalized spacial score (nSPS) is 13.0. The van der Waals surface area contributed by atoms with Crippen molar-refractivity contribution >= 4 is 17.9 Å². The van der Waals surface area contributed by atoms with Gasteiger partial charge in [-0.25, -0.2) is 0 Å². The van der Waals surface area contributed by atoms with Gasteiger partial charge in [0.05, 0.1) is 0 Å². The topological polar surface area (TPSA) is 78.9 Å². The van der Waals surface area contributed by atoms with Crippen molar-refractivity contribution in [1.82, 2.24) is 0 Å². The third kappa shape index (κ3) is 62.4. The van der Waals surface area contributed by atoms with Gasteiger partial charge in [-0.15, -0.1) is 0 Å². The first-order valence-corrected chi connectivity index (χ1v) is 32.2. The Kier molecular flexibility index (Phi) is 61.4. The van der Waals surface area contributed by atoms with Gasteiger partial charge in [-0.3, -0.25) is 14.4 Å². The van der Waals surface area contributed by atoms with E-state index in [0.29, 0.717) is 19.3 Å². The molecule has 0 N–H and O–H groups in total. The molecule has 0 aromatic heterocycles. The predicted octanol–water partition coefficient (Wildman–Crippen LogP) is 22.2. The molecule has 0 heterocycles. The summed E-state index contributed by atoms with van der Waals surface area (Å²) in [5, 5.41) is 0. The van der Waals surface area contributed by atoms with Crippen molar-refractivity contribution in [2.45, 2.75) is 290 Å². The van der Waals surface area contributed by atoms with Crippen molar-refractivity contribution in [3.05, 3.63) is 134 Å². The Morgan fingerprint density at radius 1 is 0.269 bits per heavy atom. The van der Waals surface area contributed by atoms with Crippen molar-refractivity contribution in [3.8, 4) is 0 Å². The first-order chi connectivity index (χ1) is 38.5. The van der Waals surface area contributed by atoms with Gasteiger partial charge in [0.25, 0.3) is 0 Å². The minimum absolute atomic E-state index is 0.0976. The van der Waals surface area contributed by atoms with Crippen molar-refractivity contribution in [3.63, 3.8) is 0 Å². The first-order valence-electron chi connectivity index (χ1n) is 32.2. The minimum Gasteiger partial charge on any atom is -0.462 e. The highest BCUT2D eigenvalue weighted by molar-refractivity contribution is 5.71. The molecule has 1 atom stereocenters. The molecule has 0 aromatic rings. The number of esters is 3. The van der Waals surface area contributed by atoms with Gasteiger partial charge in [0.1, 0.15) is 13.2 Å². The molecule has 0 aliphatic heterocycles. The number of hydrogen-bond acceptors (Lipinski definition) is 6. The molecule has 0 fully saturated rings. The van der Waals surface area contributed by atoms with Crippen LogP contribution in [0.15, 0.2) is 134 Å². The lowest BCUT2D eigenvalue weighted by atomic mass is 10.1. The molecule has 0 amide bonds. The predicted molar refractivity (Wildman–Crippen MR) is 339 cm³/mol. The molecule has 0 spiro atoms. The Morgan fingerprint density at radius 3 is 0.808 bits per heavy atom. The molecule has 442 valence electrons. The molecule has 0 saturated heterocycles. The third-order valence-electron chi connectivity index (χ3n) is 13.4. The van der Waals surface area contributed by atoms with Crippen LogP contribution in [0.25, 0.3) is 0 Å². The lowest BCUT2D eigenvalue weighted by molar-refractivity contribution is -0.167. The van der Waals surface area contributed by atoms with E-state index in [2.05, 4.69) is 154 Å². The summed E-state index contributed by atoms with van der Waals surface area (Å²) < 4.78 is 16.9. The molecule has 0 radical (unpaired) electrons. The average molecular weight is 1080 g/mol. The lowest BCUT2D eigenvalue weighted by Gasteiger charge is -2.18. The highest BCUT2D eigenvalue weighted by Crippen LogP contribution is 2.14. The van der Waals surface area contributed by atoms with E-state index in [9.17, 15) is 14.4 Å². The zero-order valence-corrected chi connectivity index (χ0v) is 50.6. The summed E-state index contributed by atoms with van der Waals surface area (Å²) in [5.74, 6) is -0.933. The largest absolute Gasteiger partial charge is 0.462 e. The highest BCUT2D eigenvalue weighted by atomic mass is 16.6. The summed E-state index contributed by atoms with van der Waals surface area (Å²) in [6.45, 7) is 6.46. The standard InChI is InChI=1S/C72H118O6/c1-4-7-10-13-16-19-22-25-28-30-31-32-33-34-35-36-37-38-39-40-41-42-45-47-50-53-56-59-62-65-71(74)77-68-69(67-76-70(73)64-61-58-55-52-49-46-43-27-24-21-18-15-12-9-6-3)78-72(75)66-63-60-57-54-51-48-44-29-26-23-20-17-14-11-8-5-2/h7,10,16,18-21,23,25,27-29,31-32,34-35,37-38,40-41,43-44,69H,4-6,8-9,11-15,17,22,24,26,30,33,36,39,42,45-68H2,1-3H3/b10-7-,19-16-,21-18-,23-20-,28-25-,32-31-,35-34-,38-37-,41-40-,43-27-,44-29-. The fourth-order valence-electron chi connectivity index (χ4n) is 8.54. The van der Waals surface area contributed by atoms with E-state index in [1.807, 2.05) is 0 Å². The second-order valence-electron chi connectivity index (χ2n) is 20.9. The molecule has 1 unspecified atom stereocenters. The van der Waals surface area contributed by atoms with Gasteiger partial charge < -0.3 is 14.2 Å². The average Bonchev–Trinajstić information content (AvgIpc) is 3.44. The molecule has 6 nitrogen and oxygen atoms in total. The summed E-state index contributed by atoms with van der Waals surface area (Å²) in [5.41, 5.74) is 0. The Labute approximate surface area is 481 Å². The van der Waals surface area contributed by atoms with Gasteiger partial charge >= 0.3 is 17.9 Å². The van der Waals surface area contributed by atoms with Crippen molar-refractivity contribution in [2.75, 3.05) is 13.2 Å². The van der Waals surface area contributed by atoms with E-state index in [4.69, 9.17) is 14.2 Å². The van der Waals surface area contributed by atoms with E-state index in [1.54, 1.807) is 0 Å². The SMILES string of the molecule is CC/C=C\C/C=C\C/C=C\C/C=C\C/C=C\C/C=C\C/C=C\CCCCCCCCCC(=O)OCC(COC(=O)CCCCCCC/C=C\C/C=C\CCCCC)OC(=O)CCCCCCC/C=C\C/C=C\CCCCCC. The number of ether oxygens (including phenoxy) is 3. The smallest absolute Gasteiger partial charge is 0.306 e. The van der Waals surface area contributed by atoms with Gasteiger partial charge in [-0.1, -0.05) is 257 Å². The van der Waals surface area contributed by atoms with Gasteiger partial charge in [-0.2, -0.15) is 0 Å². The number of allylic oxidation sites excluding steroid dienone is 22. The maximum absolute atomic E-state index is 12.9. The fraction of sp³-hybridized carbons (Fsp3) is 0.653. The molecule has 0 bridgehead atoms. The zero-order valence-electron chi connectivity index (χ0n) is 50.6. The summed E-state index contributed by atoms with van der Waals surface area (Å²) in [6.07, 6.45) is 91.6. The Hall–Kier alpha value is -4.45. The van der Waals surface area contributed by atoms with Crippen LogP contribution in [0.5, 0.6) is 0 Å². The molecular formula is C72H118O6. The van der Waals surface area contributed by atoms with E-state index in [0.717, 1.165) is 161 Å². The van der Waals surface area contributed by atoms with Gasteiger partial charge in [0.15, 0.2) is 6.10 Å². The second kappa shape index (κ2) is 65.1. The van der Waals surface area contributed by atoms with Crippen LogP contribution in [0.3, 0.4) is 0 Å². The van der Waals surface area contributed by atoms with Crippen LogP contribution in [-0.4, -0.2) is 37.2 Å². The maximum atomic E-state index is 12.9. The second-order valence-corrected chi connectivity index (χ2v) is 20.9. The lowest BCUT2D eigenvalue weighted by Crippen LogP contribution is -2.30. The Bertz CT molecular complexity index is 1670. The number of carbonyl (C=O) groups is 3.